The molecule has 0 saturated carbocycles. The molecule has 2 N–H and O–H groups in total. The van der Waals surface area contributed by atoms with E-state index in [4.69, 9.17) is 0 Å². The molecule has 1 heterocycles. The minimum Gasteiger partial charge on any atom is -0.239 e. The minimum absolute atomic E-state index is 0.102. The summed E-state index contributed by atoms with van der Waals surface area (Å²) < 4.78 is 81.6. The van der Waals surface area contributed by atoms with Crippen LogP contribution in [0.2, 0.25) is 0 Å². The van der Waals surface area contributed by atoms with E-state index in [2.05, 4.69) is 14.6 Å². The molecule has 0 saturated heterocycles. The van der Waals surface area contributed by atoms with Gasteiger partial charge in [-0.1, -0.05) is 11.3 Å². The SMILES string of the molecule is Cn1nc(S(N)(=O)=O)s/c1=N/S(=O)(=O)C(F)(F)F. The zero-order valence-corrected chi connectivity index (χ0v) is 10.9. The third-order valence-electron chi connectivity index (χ3n) is 1.42. The van der Waals surface area contributed by atoms with Crippen molar-refractivity contribution < 1.29 is 30.0 Å². The maximum atomic E-state index is 12.0. The maximum absolute atomic E-state index is 12.0. The van der Waals surface area contributed by atoms with Crippen LogP contribution in [-0.2, 0) is 27.1 Å². The average Bonchev–Trinajstić information content (AvgIpc) is 2.44. The molecule has 0 radical (unpaired) electrons. The number of rotatable bonds is 2. The van der Waals surface area contributed by atoms with E-state index >= 15 is 0 Å². The van der Waals surface area contributed by atoms with Gasteiger partial charge in [-0.05, 0) is 0 Å². The second-order valence-electron chi connectivity index (χ2n) is 2.83. The molecule has 0 unspecified atom stereocenters. The number of nitrogens with zero attached hydrogens (tertiary/aromatic N) is 3. The number of halogens is 3. The van der Waals surface area contributed by atoms with Gasteiger partial charge >= 0.3 is 15.5 Å². The first kappa shape index (κ1) is 15.1. The monoisotopic (exact) mass is 326 g/mol. The second-order valence-corrected chi connectivity index (χ2v) is 7.12. The molecule has 0 bridgehead atoms. The van der Waals surface area contributed by atoms with E-state index in [-0.39, 0.29) is 11.3 Å². The van der Waals surface area contributed by atoms with Crippen LogP contribution in [0.25, 0.3) is 0 Å². The molecule has 8 nitrogen and oxygen atoms in total. The molecule has 1 rings (SSSR count). The maximum Gasteiger partial charge on any atom is 0.518 e. The van der Waals surface area contributed by atoms with E-state index in [1.165, 1.54) is 0 Å². The highest BCUT2D eigenvalue weighted by molar-refractivity contribution is 7.91. The van der Waals surface area contributed by atoms with Crippen LogP contribution in [0.15, 0.2) is 8.74 Å². The Morgan fingerprint density at radius 2 is 1.83 bits per heavy atom. The standard InChI is InChI=1S/C4H5F3N4O4S3/c1-11-2(10-18(14,15)4(5,6)7)16-3(9-11)17(8,12)13/h1H3,(H2,8,12,13)/b10-2+. The lowest BCUT2D eigenvalue weighted by molar-refractivity contribution is -0.0436. The highest BCUT2D eigenvalue weighted by Crippen LogP contribution is 2.24. The molecule has 104 valence electrons. The van der Waals surface area contributed by atoms with Gasteiger partial charge in [-0.25, -0.2) is 18.2 Å². The fourth-order valence-electron chi connectivity index (χ4n) is 0.677. The first-order valence-electron chi connectivity index (χ1n) is 3.79. The van der Waals surface area contributed by atoms with E-state index in [1.54, 1.807) is 0 Å². The molecule has 0 aromatic carbocycles. The summed E-state index contributed by atoms with van der Waals surface area (Å²) in [6, 6.07) is 0. The van der Waals surface area contributed by atoms with Crippen LogP contribution in [0.4, 0.5) is 13.2 Å². The van der Waals surface area contributed by atoms with Gasteiger partial charge in [-0.15, -0.1) is 9.50 Å². The lowest BCUT2D eigenvalue weighted by atomic mass is 11.2. The second kappa shape index (κ2) is 4.29. The van der Waals surface area contributed by atoms with Crippen LogP contribution in [-0.4, -0.2) is 32.1 Å². The number of aromatic nitrogens is 2. The van der Waals surface area contributed by atoms with Gasteiger partial charge in [-0.2, -0.15) is 21.6 Å². The smallest absolute Gasteiger partial charge is 0.239 e. The van der Waals surface area contributed by atoms with E-state index < -0.39 is 34.7 Å². The Hall–Kier alpha value is -0.990. The predicted octanol–water partition coefficient (Wildman–Crippen LogP) is -1.12. The number of primary sulfonamides is 1. The van der Waals surface area contributed by atoms with Crippen molar-refractivity contribution in [3.8, 4) is 0 Å². The van der Waals surface area contributed by atoms with E-state index in [0.29, 0.717) is 4.68 Å². The Kier molecular flexibility index (Phi) is 3.59. The minimum atomic E-state index is -5.77. The van der Waals surface area contributed by atoms with Gasteiger partial charge in [0.25, 0.3) is 10.0 Å². The molecule has 0 aliphatic carbocycles. The van der Waals surface area contributed by atoms with Crippen molar-refractivity contribution in [2.45, 2.75) is 9.85 Å². The lowest BCUT2D eigenvalue weighted by Gasteiger charge is -2.00. The largest absolute Gasteiger partial charge is 0.518 e. The highest BCUT2D eigenvalue weighted by Gasteiger charge is 2.46. The molecular formula is C4H5F3N4O4S3. The molecule has 0 atom stereocenters. The number of hydrogen-bond donors (Lipinski definition) is 1. The lowest BCUT2D eigenvalue weighted by Crippen LogP contribution is -2.25. The molecule has 18 heavy (non-hydrogen) atoms. The van der Waals surface area contributed by atoms with E-state index in [0.717, 1.165) is 7.05 Å². The zero-order chi connectivity index (χ0) is 14.4. The Labute approximate surface area is 103 Å². The van der Waals surface area contributed by atoms with Crippen LogP contribution < -0.4 is 9.94 Å². The van der Waals surface area contributed by atoms with Gasteiger partial charge in [0, 0.05) is 7.05 Å². The van der Waals surface area contributed by atoms with Crippen molar-refractivity contribution in [2.24, 2.45) is 16.6 Å². The number of nitrogens with two attached hydrogens (primary N) is 1. The molecule has 14 heteroatoms. The molecule has 0 spiro atoms. The number of aryl methyl sites for hydroxylation is 1. The Morgan fingerprint density at radius 1 is 1.33 bits per heavy atom. The first-order chi connectivity index (χ1) is 7.84. The Balaban J connectivity index is 3.51. The molecule has 0 aliphatic rings. The van der Waals surface area contributed by atoms with Gasteiger partial charge in [0.05, 0.1) is 0 Å². The normalized spacial score (nSPS) is 15.1. The molecule has 0 amide bonds. The van der Waals surface area contributed by atoms with Crippen molar-refractivity contribution >= 4 is 31.4 Å². The fraction of sp³-hybridized carbons (Fsp3) is 0.500. The summed E-state index contributed by atoms with van der Waals surface area (Å²) in [7, 11) is -8.99. The molecule has 0 aliphatic heterocycles. The summed E-state index contributed by atoms with van der Waals surface area (Å²) in [6.45, 7) is 0. The van der Waals surface area contributed by atoms with Gasteiger partial charge in [0.1, 0.15) is 0 Å². The van der Waals surface area contributed by atoms with Gasteiger partial charge < -0.3 is 0 Å². The van der Waals surface area contributed by atoms with Gasteiger partial charge in [0.15, 0.2) is 0 Å². The third kappa shape index (κ3) is 3.06. The van der Waals surface area contributed by atoms with E-state index in [9.17, 15) is 30.0 Å². The average molecular weight is 326 g/mol. The summed E-state index contributed by atoms with van der Waals surface area (Å²) >= 11 is 0.102. The topological polar surface area (TPSA) is 124 Å². The summed E-state index contributed by atoms with van der Waals surface area (Å²) in [5.74, 6) is 0. The quantitative estimate of drug-likeness (QED) is 0.737. The van der Waals surface area contributed by atoms with Crippen LogP contribution in [0.3, 0.4) is 0 Å². The molecule has 0 fully saturated rings. The summed E-state index contributed by atoms with van der Waals surface area (Å²) in [5.41, 5.74) is -5.58. The van der Waals surface area contributed by atoms with Crippen LogP contribution >= 0.6 is 11.3 Å². The van der Waals surface area contributed by atoms with Crippen LogP contribution in [0.5, 0.6) is 0 Å². The summed E-state index contributed by atoms with van der Waals surface area (Å²) in [5, 5.41) is 7.93. The fourth-order valence-corrected chi connectivity index (χ4v) is 2.96. The number of hydrogen-bond acceptors (Lipinski definition) is 6. The third-order valence-corrected chi connectivity index (χ3v) is 4.84. The van der Waals surface area contributed by atoms with Gasteiger partial charge in [0.2, 0.25) is 9.14 Å². The summed E-state index contributed by atoms with van der Waals surface area (Å²) in [4.78, 5) is -0.767. The van der Waals surface area contributed by atoms with Crippen LogP contribution in [0, 0.1) is 0 Å². The predicted molar refractivity (Wildman–Crippen MR) is 53.0 cm³/mol. The Bertz CT molecular complexity index is 724. The molecule has 1 aromatic heterocycles. The number of sulfonamides is 2. The highest BCUT2D eigenvalue weighted by atomic mass is 32.2. The first-order valence-corrected chi connectivity index (χ1v) is 7.59. The van der Waals surface area contributed by atoms with Crippen molar-refractivity contribution in [2.75, 3.05) is 0 Å². The Morgan fingerprint density at radius 3 is 2.17 bits per heavy atom. The van der Waals surface area contributed by atoms with E-state index in [1.807, 2.05) is 0 Å². The molecule has 1 aromatic rings. The van der Waals surface area contributed by atoms with Crippen molar-refractivity contribution in [1.82, 2.24) is 9.78 Å². The van der Waals surface area contributed by atoms with Crippen molar-refractivity contribution in [1.29, 1.82) is 0 Å². The van der Waals surface area contributed by atoms with Crippen molar-refractivity contribution in [3.05, 3.63) is 4.80 Å². The zero-order valence-electron chi connectivity index (χ0n) is 8.41. The van der Waals surface area contributed by atoms with Gasteiger partial charge in [-0.3, -0.25) is 0 Å². The molecular weight excluding hydrogens is 321 g/mol. The van der Waals surface area contributed by atoms with Crippen LogP contribution in [0.1, 0.15) is 0 Å². The number of alkyl halides is 3. The summed E-state index contributed by atoms with van der Waals surface area (Å²) in [6.07, 6.45) is 0. The van der Waals surface area contributed by atoms with Crippen molar-refractivity contribution in [3.63, 3.8) is 0 Å².